The van der Waals surface area contributed by atoms with Crippen LogP contribution in [0.2, 0.25) is 0 Å². The molecule has 1 saturated carbocycles. The summed E-state index contributed by atoms with van der Waals surface area (Å²) < 4.78 is 0. The molecule has 1 aliphatic rings. The van der Waals surface area contributed by atoms with Gasteiger partial charge in [0, 0.05) is 16.8 Å². The molecule has 1 atom stereocenters. The molecule has 3 rings (SSSR count). The van der Waals surface area contributed by atoms with Crippen molar-refractivity contribution in [3.8, 4) is 0 Å². The van der Waals surface area contributed by atoms with Gasteiger partial charge in [-0.1, -0.05) is 50.5 Å². The predicted molar refractivity (Wildman–Crippen MR) is 83.8 cm³/mol. The predicted octanol–water partition coefficient (Wildman–Crippen LogP) is 4.40. The van der Waals surface area contributed by atoms with Gasteiger partial charge in [-0.15, -0.1) is 5.10 Å². The van der Waals surface area contributed by atoms with Crippen molar-refractivity contribution < 1.29 is 0 Å². The van der Waals surface area contributed by atoms with E-state index in [-0.39, 0.29) is 0 Å². The minimum absolute atomic E-state index is 0.524. The Morgan fingerprint density at radius 3 is 2.80 bits per heavy atom. The molecule has 0 radical (unpaired) electrons. The molecule has 106 valence electrons. The summed E-state index contributed by atoms with van der Waals surface area (Å²) in [7, 11) is 0. The van der Waals surface area contributed by atoms with Crippen LogP contribution in [-0.2, 0) is 0 Å². The summed E-state index contributed by atoms with van der Waals surface area (Å²) in [4.78, 5) is 0. The van der Waals surface area contributed by atoms with Gasteiger partial charge >= 0.3 is 0 Å². The lowest BCUT2D eigenvalue weighted by Crippen LogP contribution is -2.30. The molecule has 20 heavy (non-hydrogen) atoms. The number of anilines is 1. The van der Waals surface area contributed by atoms with Crippen LogP contribution in [0.5, 0.6) is 0 Å². The first-order valence-corrected chi connectivity index (χ1v) is 7.85. The molecule has 1 aliphatic carbocycles. The highest BCUT2D eigenvalue weighted by molar-refractivity contribution is 5.90. The fraction of sp³-hybridized carbons (Fsp3) is 0.529. The first-order chi connectivity index (χ1) is 9.88. The Balaban J connectivity index is 1.83. The van der Waals surface area contributed by atoms with E-state index in [0.717, 1.165) is 23.5 Å². The van der Waals surface area contributed by atoms with E-state index in [1.807, 2.05) is 12.3 Å². The van der Waals surface area contributed by atoms with Gasteiger partial charge in [0.1, 0.15) is 0 Å². The van der Waals surface area contributed by atoms with E-state index in [9.17, 15) is 0 Å². The summed E-state index contributed by atoms with van der Waals surface area (Å²) in [6.07, 6.45) is 9.85. The van der Waals surface area contributed by atoms with E-state index in [2.05, 4.69) is 40.6 Å². The third-order valence-corrected chi connectivity index (χ3v) is 4.55. The average molecular weight is 269 g/mol. The van der Waals surface area contributed by atoms with Crippen molar-refractivity contribution in [1.29, 1.82) is 0 Å². The topological polar surface area (TPSA) is 37.8 Å². The number of nitrogens with one attached hydrogen (secondary N) is 1. The second-order valence-corrected chi connectivity index (χ2v) is 5.84. The maximum absolute atomic E-state index is 4.33. The van der Waals surface area contributed by atoms with Gasteiger partial charge in [0.05, 0.1) is 6.20 Å². The summed E-state index contributed by atoms with van der Waals surface area (Å²) in [5.41, 5.74) is 0. The van der Waals surface area contributed by atoms with Crippen LogP contribution >= 0.6 is 0 Å². The minimum atomic E-state index is 0.524. The molecule has 0 spiro atoms. The molecule has 1 aromatic carbocycles. The molecule has 0 amide bonds. The molecule has 1 fully saturated rings. The largest absolute Gasteiger partial charge is 0.365 e. The highest BCUT2D eigenvalue weighted by Gasteiger charge is 2.23. The molecule has 1 aromatic heterocycles. The van der Waals surface area contributed by atoms with Crippen LogP contribution in [0.4, 0.5) is 5.82 Å². The summed E-state index contributed by atoms with van der Waals surface area (Å²) in [5.74, 6) is 1.73. The monoisotopic (exact) mass is 269 g/mol. The minimum Gasteiger partial charge on any atom is -0.365 e. The standard InChI is InChI=1S/C17H23N3/c1-2-16(13-8-4-3-5-9-13)19-17-15-11-7-6-10-14(15)12-18-20-17/h6-7,10-13,16H,2-5,8-9H2,1H3,(H,19,20). The molecule has 3 nitrogen and oxygen atoms in total. The quantitative estimate of drug-likeness (QED) is 0.894. The highest BCUT2D eigenvalue weighted by atomic mass is 15.2. The third kappa shape index (κ3) is 2.77. The van der Waals surface area contributed by atoms with Gasteiger partial charge in [-0.05, 0) is 25.2 Å². The number of hydrogen-bond acceptors (Lipinski definition) is 3. The van der Waals surface area contributed by atoms with Crippen molar-refractivity contribution >= 4 is 16.6 Å². The number of benzene rings is 1. The first kappa shape index (κ1) is 13.3. The first-order valence-electron chi connectivity index (χ1n) is 7.85. The Morgan fingerprint density at radius 1 is 1.20 bits per heavy atom. The molecule has 3 heteroatoms. The summed E-state index contributed by atoms with van der Waals surface area (Å²) in [5, 5.41) is 14.5. The Labute approximate surface area is 120 Å². The van der Waals surface area contributed by atoms with Crippen LogP contribution in [0.25, 0.3) is 10.8 Å². The number of fused-ring (bicyclic) bond motifs is 1. The number of nitrogens with zero attached hydrogens (tertiary/aromatic N) is 2. The lowest BCUT2D eigenvalue weighted by atomic mass is 9.83. The number of rotatable bonds is 4. The maximum Gasteiger partial charge on any atom is 0.156 e. The Kier molecular flexibility index (Phi) is 4.14. The fourth-order valence-electron chi connectivity index (χ4n) is 3.40. The van der Waals surface area contributed by atoms with Crippen molar-refractivity contribution in [1.82, 2.24) is 10.2 Å². The van der Waals surface area contributed by atoms with Crippen molar-refractivity contribution in [3.05, 3.63) is 30.5 Å². The maximum atomic E-state index is 4.33. The lowest BCUT2D eigenvalue weighted by Gasteiger charge is -2.30. The zero-order valence-corrected chi connectivity index (χ0v) is 12.2. The summed E-state index contributed by atoms with van der Waals surface area (Å²) in [6.45, 7) is 2.27. The molecule has 0 aliphatic heterocycles. The molecule has 0 bridgehead atoms. The van der Waals surface area contributed by atoms with Gasteiger partial charge in [0.15, 0.2) is 5.82 Å². The van der Waals surface area contributed by atoms with Crippen LogP contribution in [0.15, 0.2) is 30.5 Å². The number of hydrogen-bond donors (Lipinski definition) is 1. The Hall–Kier alpha value is -1.64. The van der Waals surface area contributed by atoms with Crippen molar-refractivity contribution in [2.24, 2.45) is 5.92 Å². The van der Waals surface area contributed by atoms with Crippen LogP contribution in [0, 0.1) is 5.92 Å². The molecule has 1 N–H and O–H groups in total. The smallest absolute Gasteiger partial charge is 0.156 e. The normalized spacial score (nSPS) is 18.1. The van der Waals surface area contributed by atoms with Gasteiger partial charge in [0.25, 0.3) is 0 Å². The van der Waals surface area contributed by atoms with Crippen molar-refractivity contribution in [2.75, 3.05) is 5.32 Å². The van der Waals surface area contributed by atoms with E-state index >= 15 is 0 Å². The Bertz CT molecular complexity index is 556. The van der Waals surface area contributed by atoms with Crippen molar-refractivity contribution in [3.63, 3.8) is 0 Å². The van der Waals surface area contributed by atoms with Gasteiger partial charge in [-0.25, -0.2) is 0 Å². The van der Waals surface area contributed by atoms with Gasteiger partial charge < -0.3 is 5.32 Å². The summed E-state index contributed by atoms with van der Waals surface area (Å²) >= 11 is 0. The molecule has 2 aromatic rings. The third-order valence-electron chi connectivity index (χ3n) is 4.55. The van der Waals surface area contributed by atoms with E-state index in [0.29, 0.717) is 6.04 Å². The Morgan fingerprint density at radius 2 is 2.00 bits per heavy atom. The van der Waals surface area contributed by atoms with Crippen molar-refractivity contribution in [2.45, 2.75) is 51.5 Å². The van der Waals surface area contributed by atoms with E-state index < -0.39 is 0 Å². The van der Waals surface area contributed by atoms with Gasteiger partial charge in [-0.2, -0.15) is 5.10 Å². The molecular weight excluding hydrogens is 246 g/mol. The van der Waals surface area contributed by atoms with Gasteiger partial charge in [0.2, 0.25) is 0 Å². The summed E-state index contributed by atoms with van der Waals surface area (Å²) in [6, 6.07) is 8.86. The lowest BCUT2D eigenvalue weighted by molar-refractivity contribution is 0.312. The zero-order valence-electron chi connectivity index (χ0n) is 12.2. The molecular formula is C17H23N3. The second kappa shape index (κ2) is 6.21. The van der Waals surface area contributed by atoms with Crippen LogP contribution in [0.3, 0.4) is 0 Å². The fourth-order valence-corrected chi connectivity index (χ4v) is 3.40. The van der Waals surface area contributed by atoms with Crippen LogP contribution in [-0.4, -0.2) is 16.2 Å². The molecule has 0 saturated heterocycles. The number of aromatic nitrogens is 2. The second-order valence-electron chi connectivity index (χ2n) is 5.84. The van der Waals surface area contributed by atoms with E-state index in [1.165, 1.54) is 37.5 Å². The SMILES string of the molecule is CCC(Nc1nncc2ccccc12)C1CCCCC1. The highest BCUT2D eigenvalue weighted by Crippen LogP contribution is 2.30. The molecule has 1 heterocycles. The molecule has 1 unspecified atom stereocenters. The van der Waals surface area contributed by atoms with E-state index in [1.54, 1.807) is 0 Å². The zero-order chi connectivity index (χ0) is 13.8. The van der Waals surface area contributed by atoms with Crippen LogP contribution in [0.1, 0.15) is 45.4 Å². The van der Waals surface area contributed by atoms with Gasteiger partial charge in [-0.3, -0.25) is 0 Å². The van der Waals surface area contributed by atoms with Crippen LogP contribution < -0.4 is 5.32 Å². The van der Waals surface area contributed by atoms with E-state index in [4.69, 9.17) is 0 Å². The average Bonchev–Trinajstić information content (AvgIpc) is 2.53.